The molecule has 1 fully saturated rings. The van der Waals surface area contributed by atoms with Crippen LogP contribution in [0.25, 0.3) is 0 Å². The minimum atomic E-state index is -0.554. The van der Waals surface area contributed by atoms with E-state index in [2.05, 4.69) is 17.7 Å². The third-order valence-electron chi connectivity index (χ3n) is 3.42. The summed E-state index contributed by atoms with van der Waals surface area (Å²) in [5.41, 5.74) is 5.72. The zero-order valence-corrected chi connectivity index (χ0v) is 10.9. The van der Waals surface area contributed by atoms with Crippen molar-refractivity contribution in [1.29, 1.82) is 0 Å². The highest BCUT2D eigenvalue weighted by Crippen LogP contribution is 2.17. The maximum Gasteiger partial charge on any atom is 0.240 e. The highest BCUT2D eigenvalue weighted by molar-refractivity contribution is 5.81. The van der Waals surface area contributed by atoms with Crippen LogP contribution >= 0.6 is 0 Å². The molecule has 0 aliphatic carbocycles. The molecule has 1 amide bonds. The van der Waals surface area contributed by atoms with Crippen LogP contribution in [-0.4, -0.2) is 54.5 Å². The minimum Gasteiger partial charge on any atom is -0.343 e. The topological polar surface area (TPSA) is 49.6 Å². The molecule has 1 heterocycles. The van der Waals surface area contributed by atoms with Crippen LogP contribution in [0.4, 0.5) is 0 Å². The van der Waals surface area contributed by atoms with Crippen molar-refractivity contribution < 1.29 is 4.79 Å². The van der Waals surface area contributed by atoms with Gasteiger partial charge < -0.3 is 10.6 Å². The molecule has 1 rings (SSSR count). The molecule has 0 aromatic rings. The summed E-state index contributed by atoms with van der Waals surface area (Å²) in [5.74, 6) is 2.38. The van der Waals surface area contributed by atoms with Crippen LogP contribution in [0.15, 0.2) is 0 Å². The fourth-order valence-electron chi connectivity index (χ4n) is 2.42. The first-order valence-electron chi connectivity index (χ1n) is 6.28. The van der Waals surface area contributed by atoms with E-state index in [9.17, 15) is 4.79 Å². The van der Waals surface area contributed by atoms with Gasteiger partial charge in [0.1, 0.15) is 0 Å². The Hall–Kier alpha value is -1.05. The highest BCUT2D eigenvalue weighted by atomic mass is 16.2. The van der Waals surface area contributed by atoms with Crippen LogP contribution in [0.2, 0.25) is 0 Å². The first-order chi connectivity index (χ1) is 8.10. The van der Waals surface area contributed by atoms with Gasteiger partial charge in [-0.3, -0.25) is 9.69 Å². The van der Waals surface area contributed by atoms with Crippen molar-refractivity contribution in [2.45, 2.75) is 38.3 Å². The van der Waals surface area contributed by atoms with Crippen LogP contribution in [-0.2, 0) is 4.79 Å². The summed E-state index contributed by atoms with van der Waals surface area (Å²) in [6.07, 6.45) is 7.86. The molecule has 0 aromatic heterocycles. The lowest BCUT2D eigenvalue weighted by molar-refractivity contribution is -0.131. The molecule has 2 atom stereocenters. The van der Waals surface area contributed by atoms with Crippen molar-refractivity contribution in [3.63, 3.8) is 0 Å². The molecule has 96 valence electrons. The van der Waals surface area contributed by atoms with Crippen molar-refractivity contribution in [1.82, 2.24) is 9.80 Å². The third kappa shape index (κ3) is 3.72. The van der Waals surface area contributed by atoms with Gasteiger partial charge in [-0.1, -0.05) is 6.92 Å². The third-order valence-corrected chi connectivity index (χ3v) is 3.42. The van der Waals surface area contributed by atoms with Gasteiger partial charge in [0.25, 0.3) is 0 Å². The maximum absolute atomic E-state index is 11.9. The molecule has 0 spiro atoms. The zero-order chi connectivity index (χ0) is 12.8. The number of hydrogen-bond acceptors (Lipinski definition) is 3. The van der Waals surface area contributed by atoms with E-state index in [-0.39, 0.29) is 5.91 Å². The minimum absolute atomic E-state index is 0.0501. The number of rotatable bonds is 5. The van der Waals surface area contributed by atoms with Crippen molar-refractivity contribution in [2.24, 2.45) is 5.73 Å². The standard InChI is InChI=1S/C13H23N3O/c1-4-7-12(14)13(17)15(3)10-11-8-6-9-16(11)5-2/h1,11-12H,5-10,14H2,2-3H3. The lowest BCUT2D eigenvalue weighted by Crippen LogP contribution is -2.47. The maximum atomic E-state index is 11.9. The predicted octanol–water partition coefficient (Wildman–Crippen LogP) is 0.280. The van der Waals surface area contributed by atoms with E-state index in [1.807, 2.05) is 7.05 Å². The normalized spacial score (nSPS) is 22.1. The molecule has 2 unspecified atom stereocenters. The van der Waals surface area contributed by atoms with Crippen LogP contribution in [0, 0.1) is 12.3 Å². The molecular formula is C13H23N3O. The molecule has 17 heavy (non-hydrogen) atoms. The molecule has 4 heteroatoms. The number of carbonyl (C=O) groups excluding carboxylic acids is 1. The number of amides is 1. The Bertz CT molecular complexity index is 298. The first kappa shape index (κ1) is 14.0. The number of carbonyl (C=O) groups is 1. The molecule has 1 saturated heterocycles. The summed E-state index contributed by atoms with van der Waals surface area (Å²) >= 11 is 0. The Morgan fingerprint density at radius 2 is 2.41 bits per heavy atom. The van der Waals surface area contributed by atoms with Crippen molar-refractivity contribution in [3.05, 3.63) is 0 Å². The molecule has 4 nitrogen and oxygen atoms in total. The van der Waals surface area contributed by atoms with Gasteiger partial charge >= 0.3 is 0 Å². The average Bonchev–Trinajstić information content (AvgIpc) is 2.75. The second kappa shape index (κ2) is 6.63. The Labute approximate surface area is 104 Å². The summed E-state index contributed by atoms with van der Waals surface area (Å²) in [6.45, 7) is 5.10. The van der Waals surface area contributed by atoms with Gasteiger partial charge in [-0.2, -0.15) is 0 Å². The quantitative estimate of drug-likeness (QED) is 0.699. The van der Waals surface area contributed by atoms with Crippen LogP contribution in [0.1, 0.15) is 26.2 Å². The number of terminal acetylenes is 1. The second-order valence-electron chi connectivity index (χ2n) is 4.66. The van der Waals surface area contributed by atoms with Gasteiger partial charge in [0.15, 0.2) is 0 Å². The van der Waals surface area contributed by atoms with E-state index in [1.165, 1.54) is 6.42 Å². The molecule has 0 radical (unpaired) electrons. The molecule has 0 saturated carbocycles. The molecule has 0 bridgehead atoms. The van der Waals surface area contributed by atoms with Gasteiger partial charge in [0.05, 0.1) is 6.04 Å². The molecule has 0 aromatic carbocycles. The lowest BCUT2D eigenvalue weighted by Gasteiger charge is -2.28. The summed E-state index contributed by atoms with van der Waals surface area (Å²) < 4.78 is 0. The predicted molar refractivity (Wildman–Crippen MR) is 69.3 cm³/mol. The van der Waals surface area contributed by atoms with E-state index in [0.29, 0.717) is 12.5 Å². The van der Waals surface area contributed by atoms with Gasteiger partial charge in [0, 0.05) is 26.1 Å². The summed E-state index contributed by atoms with van der Waals surface area (Å²) in [7, 11) is 1.81. The van der Waals surface area contributed by atoms with Crippen molar-refractivity contribution in [2.75, 3.05) is 26.7 Å². The van der Waals surface area contributed by atoms with Crippen LogP contribution in [0.3, 0.4) is 0 Å². The van der Waals surface area contributed by atoms with Gasteiger partial charge in [-0.15, -0.1) is 12.3 Å². The number of nitrogens with two attached hydrogens (primary N) is 1. The van der Waals surface area contributed by atoms with Crippen LogP contribution < -0.4 is 5.73 Å². The summed E-state index contributed by atoms with van der Waals surface area (Å²) in [6, 6.07) is -0.0755. The van der Waals surface area contributed by atoms with Gasteiger partial charge in [-0.25, -0.2) is 0 Å². The zero-order valence-electron chi connectivity index (χ0n) is 10.9. The average molecular weight is 237 g/mol. The van der Waals surface area contributed by atoms with E-state index in [0.717, 1.165) is 26.1 Å². The number of hydrogen-bond donors (Lipinski definition) is 1. The van der Waals surface area contributed by atoms with Gasteiger partial charge in [-0.05, 0) is 25.9 Å². The Morgan fingerprint density at radius 1 is 1.71 bits per heavy atom. The number of likely N-dealkylation sites (N-methyl/N-ethyl adjacent to an activating group) is 2. The fourth-order valence-corrected chi connectivity index (χ4v) is 2.42. The van der Waals surface area contributed by atoms with E-state index in [4.69, 9.17) is 12.2 Å². The fraction of sp³-hybridized carbons (Fsp3) is 0.769. The number of nitrogens with zero attached hydrogens (tertiary/aromatic N) is 2. The second-order valence-corrected chi connectivity index (χ2v) is 4.66. The van der Waals surface area contributed by atoms with Gasteiger partial charge in [0.2, 0.25) is 5.91 Å². The Balaban J connectivity index is 2.45. The van der Waals surface area contributed by atoms with E-state index >= 15 is 0 Å². The van der Waals surface area contributed by atoms with Crippen molar-refractivity contribution in [3.8, 4) is 12.3 Å². The molecule has 1 aliphatic rings. The van der Waals surface area contributed by atoms with E-state index in [1.54, 1.807) is 4.90 Å². The Kier molecular flexibility index (Phi) is 5.46. The van der Waals surface area contributed by atoms with E-state index < -0.39 is 6.04 Å². The largest absolute Gasteiger partial charge is 0.343 e. The first-order valence-corrected chi connectivity index (χ1v) is 6.28. The van der Waals surface area contributed by atoms with Crippen LogP contribution in [0.5, 0.6) is 0 Å². The van der Waals surface area contributed by atoms with Crippen molar-refractivity contribution >= 4 is 5.91 Å². The smallest absolute Gasteiger partial charge is 0.240 e. The lowest BCUT2D eigenvalue weighted by atomic mass is 10.1. The summed E-state index contributed by atoms with van der Waals surface area (Å²) in [5, 5.41) is 0. The Morgan fingerprint density at radius 3 is 3.00 bits per heavy atom. The monoisotopic (exact) mass is 237 g/mol. The molecule has 1 aliphatic heterocycles. The molecule has 2 N–H and O–H groups in total. The SMILES string of the molecule is C#CCC(N)C(=O)N(C)CC1CCCN1CC. The molecular weight excluding hydrogens is 214 g/mol. The summed E-state index contributed by atoms with van der Waals surface area (Å²) in [4.78, 5) is 16.0. The number of likely N-dealkylation sites (tertiary alicyclic amines) is 1. The highest BCUT2D eigenvalue weighted by Gasteiger charge is 2.26.